The number of likely N-dealkylation sites (N-methyl/N-ethyl adjacent to an activating group) is 1. The normalized spacial score (nSPS) is 14.5. The molecule has 1 fully saturated rings. The molecule has 1 heterocycles. The van der Waals surface area contributed by atoms with Crippen LogP contribution < -0.4 is 16.0 Å². The van der Waals surface area contributed by atoms with Crippen molar-refractivity contribution < 1.29 is 4.79 Å². The zero-order chi connectivity index (χ0) is 12.4. The van der Waals surface area contributed by atoms with Gasteiger partial charge in [-0.2, -0.15) is 0 Å². The Morgan fingerprint density at radius 1 is 1.65 bits per heavy atom. The van der Waals surface area contributed by atoms with E-state index in [-0.39, 0.29) is 5.91 Å². The Bertz CT molecular complexity index is 413. The molecule has 1 aliphatic carbocycles. The van der Waals surface area contributed by atoms with Gasteiger partial charge in [-0.1, -0.05) is 0 Å². The molecule has 1 saturated carbocycles. The van der Waals surface area contributed by atoms with Gasteiger partial charge in [0, 0.05) is 19.3 Å². The summed E-state index contributed by atoms with van der Waals surface area (Å²) < 4.78 is 0.791. The van der Waals surface area contributed by atoms with Gasteiger partial charge in [0.15, 0.2) is 0 Å². The number of amides is 1. The molecule has 1 aliphatic rings. The van der Waals surface area contributed by atoms with E-state index in [4.69, 9.17) is 5.73 Å². The summed E-state index contributed by atoms with van der Waals surface area (Å²) in [4.78, 5) is 17.5. The topological polar surface area (TPSA) is 71.2 Å². The number of nitrogens with zero attached hydrogens (tertiary/aromatic N) is 2. The predicted molar refractivity (Wildman–Crippen MR) is 70.8 cm³/mol. The van der Waals surface area contributed by atoms with Crippen LogP contribution in [0.25, 0.3) is 0 Å². The monoisotopic (exact) mass is 298 g/mol. The number of nitrogens with two attached hydrogens (primary N) is 1. The molecule has 0 aliphatic heterocycles. The Morgan fingerprint density at radius 2 is 2.35 bits per heavy atom. The minimum Gasteiger partial charge on any atom is -0.396 e. The molecule has 0 unspecified atom stereocenters. The second-order valence-corrected chi connectivity index (χ2v) is 5.11. The maximum atomic E-state index is 11.7. The fourth-order valence-electron chi connectivity index (χ4n) is 1.64. The highest BCUT2D eigenvalue weighted by molar-refractivity contribution is 9.10. The van der Waals surface area contributed by atoms with E-state index in [1.54, 1.807) is 12.4 Å². The van der Waals surface area contributed by atoms with Crippen LogP contribution in [0.3, 0.4) is 0 Å². The van der Waals surface area contributed by atoms with Gasteiger partial charge in [0.25, 0.3) is 0 Å². The molecule has 0 aromatic carbocycles. The van der Waals surface area contributed by atoms with Crippen molar-refractivity contribution in [2.24, 2.45) is 0 Å². The number of nitrogens with one attached hydrogen (secondary N) is 1. The number of aromatic nitrogens is 1. The van der Waals surface area contributed by atoms with E-state index in [9.17, 15) is 4.79 Å². The van der Waals surface area contributed by atoms with Crippen molar-refractivity contribution in [2.75, 3.05) is 24.2 Å². The van der Waals surface area contributed by atoms with Crippen molar-refractivity contribution in [3.05, 3.63) is 16.9 Å². The van der Waals surface area contributed by atoms with Gasteiger partial charge in [0.1, 0.15) is 0 Å². The third kappa shape index (κ3) is 3.09. The van der Waals surface area contributed by atoms with E-state index in [2.05, 4.69) is 26.2 Å². The summed E-state index contributed by atoms with van der Waals surface area (Å²) in [7, 11) is 1.84. The van der Waals surface area contributed by atoms with Gasteiger partial charge in [-0.15, -0.1) is 0 Å². The van der Waals surface area contributed by atoms with Crippen molar-refractivity contribution in [3.8, 4) is 0 Å². The van der Waals surface area contributed by atoms with Gasteiger partial charge in [-0.05, 0) is 28.8 Å². The first kappa shape index (κ1) is 12.2. The van der Waals surface area contributed by atoms with Crippen LogP contribution in [-0.4, -0.2) is 30.5 Å². The standard InChI is InChI=1S/C11H15BrN4O/c1-16(6-10(17)15-7-2-3-7)11-8(12)4-14-5-9(11)13/h4-5,7H,2-3,6,13H2,1H3,(H,15,17). The molecule has 92 valence electrons. The summed E-state index contributed by atoms with van der Waals surface area (Å²) in [5.74, 6) is 0.0260. The summed E-state index contributed by atoms with van der Waals surface area (Å²) >= 11 is 3.38. The Kier molecular flexibility index (Phi) is 3.51. The number of carbonyl (C=O) groups excluding carboxylic acids is 1. The van der Waals surface area contributed by atoms with Crippen LogP contribution in [0.1, 0.15) is 12.8 Å². The van der Waals surface area contributed by atoms with Crippen LogP contribution in [0.15, 0.2) is 16.9 Å². The second kappa shape index (κ2) is 4.91. The molecule has 0 saturated heterocycles. The lowest BCUT2D eigenvalue weighted by Crippen LogP contribution is -2.36. The van der Waals surface area contributed by atoms with Crippen LogP contribution in [0.2, 0.25) is 0 Å². The van der Waals surface area contributed by atoms with Gasteiger partial charge in [0.05, 0.1) is 28.6 Å². The van der Waals surface area contributed by atoms with Crippen molar-refractivity contribution >= 4 is 33.2 Å². The highest BCUT2D eigenvalue weighted by atomic mass is 79.9. The summed E-state index contributed by atoms with van der Waals surface area (Å²) in [6, 6.07) is 0.383. The SMILES string of the molecule is CN(CC(=O)NC1CC1)c1c(N)cncc1Br. The first-order valence-corrected chi connectivity index (χ1v) is 6.26. The van der Waals surface area contributed by atoms with E-state index >= 15 is 0 Å². The predicted octanol–water partition coefficient (Wildman–Crippen LogP) is 1.14. The van der Waals surface area contributed by atoms with E-state index < -0.39 is 0 Å². The molecule has 0 bridgehead atoms. The lowest BCUT2D eigenvalue weighted by atomic mass is 10.3. The van der Waals surface area contributed by atoms with Crippen molar-refractivity contribution in [1.82, 2.24) is 10.3 Å². The highest BCUT2D eigenvalue weighted by Gasteiger charge is 2.24. The zero-order valence-electron chi connectivity index (χ0n) is 9.61. The van der Waals surface area contributed by atoms with E-state index in [1.807, 2.05) is 11.9 Å². The molecule has 0 radical (unpaired) electrons. The molecule has 6 heteroatoms. The van der Waals surface area contributed by atoms with Gasteiger partial charge < -0.3 is 16.0 Å². The zero-order valence-corrected chi connectivity index (χ0v) is 11.2. The fraction of sp³-hybridized carbons (Fsp3) is 0.455. The van der Waals surface area contributed by atoms with Gasteiger partial charge in [-0.25, -0.2) is 0 Å². The van der Waals surface area contributed by atoms with E-state index in [0.717, 1.165) is 23.0 Å². The largest absolute Gasteiger partial charge is 0.396 e. The number of halogens is 1. The lowest BCUT2D eigenvalue weighted by molar-refractivity contribution is -0.119. The minimum atomic E-state index is 0.0260. The minimum absolute atomic E-state index is 0.0260. The molecule has 3 N–H and O–H groups in total. The van der Waals surface area contributed by atoms with Crippen molar-refractivity contribution in [1.29, 1.82) is 0 Å². The maximum absolute atomic E-state index is 11.7. The van der Waals surface area contributed by atoms with Gasteiger partial charge >= 0.3 is 0 Å². The average molecular weight is 299 g/mol. The second-order valence-electron chi connectivity index (χ2n) is 4.26. The Hall–Kier alpha value is -1.30. The van der Waals surface area contributed by atoms with Crippen molar-refractivity contribution in [3.63, 3.8) is 0 Å². The maximum Gasteiger partial charge on any atom is 0.239 e. The fourth-order valence-corrected chi connectivity index (χ4v) is 2.29. The molecule has 1 aromatic heterocycles. The summed E-state index contributed by atoms with van der Waals surface area (Å²) in [5.41, 5.74) is 7.20. The number of hydrogen-bond donors (Lipinski definition) is 2. The van der Waals surface area contributed by atoms with Crippen LogP contribution in [0, 0.1) is 0 Å². The molecule has 1 amide bonds. The highest BCUT2D eigenvalue weighted by Crippen LogP contribution is 2.30. The molecule has 0 atom stereocenters. The molecule has 17 heavy (non-hydrogen) atoms. The first-order chi connectivity index (χ1) is 8.08. The van der Waals surface area contributed by atoms with Gasteiger partial charge in [-0.3, -0.25) is 9.78 Å². The van der Waals surface area contributed by atoms with E-state index in [0.29, 0.717) is 18.3 Å². The number of pyridine rings is 1. The number of carbonyl (C=O) groups is 1. The third-order valence-electron chi connectivity index (χ3n) is 2.61. The molecule has 1 aromatic rings. The molecular weight excluding hydrogens is 284 g/mol. The van der Waals surface area contributed by atoms with Gasteiger partial charge in [0.2, 0.25) is 5.91 Å². The van der Waals surface area contributed by atoms with Crippen LogP contribution in [0.4, 0.5) is 11.4 Å². The Morgan fingerprint density at radius 3 is 2.94 bits per heavy atom. The molecular formula is C11H15BrN4O. The quantitative estimate of drug-likeness (QED) is 0.874. The first-order valence-electron chi connectivity index (χ1n) is 5.47. The summed E-state index contributed by atoms with van der Waals surface area (Å²) in [5, 5.41) is 2.94. The average Bonchev–Trinajstić information content (AvgIpc) is 3.00. The lowest BCUT2D eigenvalue weighted by Gasteiger charge is -2.21. The number of hydrogen-bond acceptors (Lipinski definition) is 4. The van der Waals surface area contributed by atoms with Crippen LogP contribution in [0.5, 0.6) is 0 Å². The number of nitrogen functional groups attached to an aromatic ring is 1. The molecule has 0 spiro atoms. The third-order valence-corrected chi connectivity index (χ3v) is 3.19. The van der Waals surface area contributed by atoms with Crippen LogP contribution in [-0.2, 0) is 4.79 Å². The summed E-state index contributed by atoms with van der Waals surface area (Å²) in [6.45, 7) is 0.295. The molecule has 5 nitrogen and oxygen atoms in total. The van der Waals surface area contributed by atoms with Crippen LogP contribution >= 0.6 is 15.9 Å². The van der Waals surface area contributed by atoms with E-state index in [1.165, 1.54) is 0 Å². The van der Waals surface area contributed by atoms with Crippen molar-refractivity contribution in [2.45, 2.75) is 18.9 Å². The summed E-state index contributed by atoms with van der Waals surface area (Å²) in [6.07, 6.45) is 5.43. The smallest absolute Gasteiger partial charge is 0.239 e. The molecule has 2 rings (SSSR count). The Labute approximate surface area is 109 Å². The Balaban J connectivity index is 2.02. The number of rotatable bonds is 4. The number of anilines is 2.